The number of benzene rings is 2. The molecule has 0 aliphatic carbocycles. The number of nitrogens with one attached hydrogen (secondary N) is 1. The summed E-state index contributed by atoms with van der Waals surface area (Å²) in [5, 5.41) is 21.6. The number of aliphatic carboxylic acids is 1. The molecule has 3 amide bonds. The van der Waals surface area contributed by atoms with Gasteiger partial charge < -0.3 is 15.5 Å². The van der Waals surface area contributed by atoms with Gasteiger partial charge in [0.05, 0.1) is 23.2 Å². The van der Waals surface area contributed by atoms with Gasteiger partial charge in [0.2, 0.25) is 5.91 Å². The first kappa shape index (κ1) is 21.4. The largest absolute Gasteiger partial charge is 0.506 e. The van der Waals surface area contributed by atoms with E-state index in [0.29, 0.717) is 11.3 Å². The quantitative estimate of drug-likeness (QED) is 0.436. The van der Waals surface area contributed by atoms with Gasteiger partial charge in [-0.05, 0) is 48.3 Å². The molecule has 1 unspecified atom stereocenters. The number of carbonyl (C=O) groups excluding carboxylic acids is 3. The average Bonchev–Trinajstić information content (AvgIpc) is 2.96. The number of carbonyl (C=O) groups is 4. The highest BCUT2D eigenvalue weighted by Gasteiger charge is 2.42. The molecule has 0 aromatic heterocycles. The lowest BCUT2D eigenvalue weighted by Gasteiger charge is -2.25. The summed E-state index contributed by atoms with van der Waals surface area (Å²) in [7, 11) is 0. The fraction of sp³-hybridized carbons (Fsp3) is 0.238. The van der Waals surface area contributed by atoms with Crippen molar-refractivity contribution in [2.24, 2.45) is 0 Å². The zero-order valence-electron chi connectivity index (χ0n) is 16.1. The van der Waals surface area contributed by atoms with Crippen LogP contribution < -0.4 is 5.32 Å². The van der Waals surface area contributed by atoms with Crippen LogP contribution in [0.2, 0.25) is 0 Å². The summed E-state index contributed by atoms with van der Waals surface area (Å²) < 4.78 is 0. The van der Waals surface area contributed by atoms with Crippen molar-refractivity contribution < 1.29 is 29.4 Å². The van der Waals surface area contributed by atoms with Crippen molar-refractivity contribution in [2.75, 3.05) is 17.3 Å². The van der Waals surface area contributed by atoms with Crippen LogP contribution in [0.5, 0.6) is 5.75 Å². The van der Waals surface area contributed by atoms with Crippen LogP contribution in [0.4, 0.5) is 5.69 Å². The number of fused-ring (bicyclic) bond motifs is 1. The van der Waals surface area contributed by atoms with Crippen LogP contribution >= 0.6 is 11.8 Å². The number of phenolic OH excluding ortho intramolecular Hbond substituents is 1. The number of phenols is 1. The number of rotatable bonds is 8. The van der Waals surface area contributed by atoms with Gasteiger partial charge in [-0.3, -0.25) is 24.1 Å². The van der Waals surface area contributed by atoms with Crippen LogP contribution in [-0.2, 0) is 16.0 Å². The number of imide groups is 1. The number of hydrogen-bond donors (Lipinski definition) is 3. The predicted octanol–water partition coefficient (Wildman–Crippen LogP) is 2.38. The predicted molar refractivity (Wildman–Crippen MR) is 112 cm³/mol. The molecule has 1 aliphatic rings. The van der Waals surface area contributed by atoms with Crippen LogP contribution in [0.3, 0.4) is 0 Å². The monoisotopic (exact) mass is 428 g/mol. The van der Waals surface area contributed by atoms with E-state index >= 15 is 0 Å². The SMILES string of the molecule is CSCCC(C(=O)Nc1cc(CC(=O)O)ccc1O)N1C(=O)c2ccccc2C1=O. The second-order valence-electron chi connectivity index (χ2n) is 6.73. The summed E-state index contributed by atoms with van der Waals surface area (Å²) >= 11 is 1.47. The third kappa shape index (κ3) is 4.30. The number of carboxylic acid groups (broad SMARTS) is 1. The van der Waals surface area contributed by atoms with Crippen LogP contribution in [0.25, 0.3) is 0 Å². The molecule has 0 bridgehead atoms. The lowest BCUT2D eigenvalue weighted by Crippen LogP contribution is -2.47. The molecule has 30 heavy (non-hydrogen) atoms. The molecule has 0 radical (unpaired) electrons. The van der Waals surface area contributed by atoms with E-state index in [4.69, 9.17) is 5.11 Å². The van der Waals surface area contributed by atoms with Gasteiger partial charge in [0.15, 0.2) is 0 Å². The van der Waals surface area contributed by atoms with Gasteiger partial charge in [0.25, 0.3) is 11.8 Å². The fourth-order valence-electron chi connectivity index (χ4n) is 3.28. The van der Waals surface area contributed by atoms with Gasteiger partial charge in [-0.15, -0.1) is 0 Å². The Kier molecular flexibility index (Phi) is 6.41. The molecule has 0 fully saturated rings. The second-order valence-corrected chi connectivity index (χ2v) is 7.72. The molecule has 3 N–H and O–H groups in total. The number of anilines is 1. The van der Waals surface area contributed by atoms with Gasteiger partial charge in [-0.1, -0.05) is 18.2 Å². The van der Waals surface area contributed by atoms with E-state index in [1.54, 1.807) is 24.3 Å². The summed E-state index contributed by atoms with van der Waals surface area (Å²) in [5.41, 5.74) is 0.896. The first-order chi connectivity index (χ1) is 14.3. The number of hydrogen-bond acceptors (Lipinski definition) is 6. The molecule has 3 rings (SSSR count). The smallest absolute Gasteiger partial charge is 0.307 e. The van der Waals surface area contributed by atoms with Crippen LogP contribution in [-0.4, -0.2) is 56.9 Å². The van der Waals surface area contributed by atoms with E-state index in [0.717, 1.165) is 4.90 Å². The highest BCUT2D eigenvalue weighted by molar-refractivity contribution is 7.98. The molecule has 1 atom stereocenters. The number of nitrogens with zero attached hydrogens (tertiary/aromatic N) is 1. The Hall–Kier alpha value is -3.33. The van der Waals surface area contributed by atoms with E-state index in [2.05, 4.69) is 5.32 Å². The highest BCUT2D eigenvalue weighted by atomic mass is 32.2. The van der Waals surface area contributed by atoms with Gasteiger partial charge in [0.1, 0.15) is 11.8 Å². The van der Waals surface area contributed by atoms with Crippen LogP contribution in [0, 0.1) is 0 Å². The molecule has 1 heterocycles. The van der Waals surface area contributed by atoms with E-state index in [9.17, 15) is 24.3 Å². The first-order valence-corrected chi connectivity index (χ1v) is 10.5. The average molecular weight is 428 g/mol. The number of thioether (sulfide) groups is 1. The molecular weight excluding hydrogens is 408 g/mol. The lowest BCUT2D eigenvalue weighted by atomic mass is 10.1. The second kappa shape index (κ2) is 9.00. The molecule has 0 spiro atoms. The lowest BCUT2D eigenvalue weighted by molar-refractivity contribution is -0.136. The zero-order chi connectivity index (χ0) is 21.8. The highest BCUT2D eigenvalue weighted by Crippen LogP contribution is 2.29. The Bertz CT molecular complexity index is 987. The minimum Gasteiger partial charge on any atom is -0.506 e. The van der Waals surface area contributed by atoms with Crippen molar-refractivity contribution in [3.8, 4) is 5.75 Å². The van der Waals surface area contributed by atoms with Crippen molar-refractivity contribution in [2.45, 2.75) is 18.9 Å². The standard InChI is InChI=1S/C21H20N2O6S/c1-30-9-8-16(23-20(28)13-4-2-3-5-14(13)21(23)29)19(27)22-15-10-12(11-18(25)26)6-7-17(15)24/h2-7,10,16,24H,8-9,11H2,1H3,(H,22,27)(H,25,26). The van der Waals surface area contributed by atoms with Crippen LogP contribution in [0.15, 0.2) is 42.5 Å². The number of carboxylic acids is 1. The van der Waals surface area contributed by atoms with Crippen molar-refractivity contribution in [1.82, 2.24) is 4.90 Å². The third-order valence-corrected chi connectivity index (χ3v) is 5.35. The normalized spacial score (nSPS) is 13.8. The Morgan fingerprint density at radius 1 is 1.10 bits per heavy atom. The molecule has 2 aromatic rings. The third-order valence-electron chi connectivity index (χ3n) is 4.71. The molecule has 8 nitrogen and oxygen atoms in total. The first-order valence-electron chi connectivity index (χ1n) is 9.14. The maximum atomic E-state index is 13.0. The molecule has 156 valence electrons. The van der Waals surface area contributed by atoms with Gasteiger partial charge in [-0.2, -0.15) is 11.8 Å². The Balaban J connectivity index is 1.88. The van der Waals surface area contributed by atoms with E-state index in [1.165, 1.54) is 30.0 Å². The van der Waals surface area contributed by atoms with Crippen molar-refractivity contribution in [3.05, 3.63) is 59.2 Å². The number of amides is 3. The van der Waals surface area contributed by atoms with Crippen molar-refractivity contribution >= 4 is 41.1 Å². The van der Waals surface area contributed by atoms with Gasteiger partial charge >= 0.3 is 5.97 Å². The van der Waals surface area contributed by atoms with Gasteiger partial charge in [-0.25, -0.2) is 0 Å². The number of aromatic hydroxyl groups is 1. The molecule has 0 saturated carbocycles. The summed E-state index contributed by atoms with van der Waals surface area (Å²) in [6.07, 6.45) is 1.80. The minimum atomic E-state index is -1.08. The molecular formula is C21H20N2O6S. The molecule has 2 aromatic carbocycles. The summed E-state index contributed by atoms with van der Waals surface area (Å²) in [6, 6.07) is 9.39. The van der Waals surface area contributed by atoms with E-state index in [-0.39, 0.29) is 35.4 Å². The van der Waals surface area contributed by atoms with E-state index in [1.807, 2.05) is 6.26 Å². The fourth-order valence-corrected chi connectivity index (χ4v) is 3.74. The minimum absolute atomic E-state index is 0.0181. The van der Waals surface area contributed by atoms with Crippen molar-refractivity contribution in [1.29, 1.82) is 0 Å². The topological polar surface area (TPSA) is 124 Å². The maximum absolute atomic E-state index is 13.0. The molecule has 9 heteroatoms. The van der Waals surface area contributed by atoms with Crippen LogP contribution in [0.1, 0.15) is 32.7 Å². The Morgan fingerprint density at radius 2 is 1.73 bits per heavy atom. The summed E-state index contributed by atoms with van der Waals surface area (Å²) in [6.45, 7) is 0. The van der Waals surface area contributed by atoms with Crippen molar-refractivity contribution in [3.63, 3.8) is 0 Å². The summed E-state index contributed by atoms with van der Waals surface area (Å²) in [5.74, 6) is -2.50. The molecule has 1 aliphatic heterocycles. The molecule has 0 saturated heterocycles. The Morgan fingerprint density at radius 3 is 2.30 bits per heavy atom. The Labute approximate surface area is 176 Å². The van der Waals surface area contributed by atoms with E-state index < -0.39 is 29.7 Å². The van der Waals surface area contributed by atoms with Gasteiger partial charge in [0, 0.05) is 0 Å². The maximum Gasteiger partial charge on any atom is 0.307 e. The zero-order valence-corrected chi connectivity index (χ0v) is 16.9. The summed E-state index contributed by atoms with van der Waals surface area (Å²) in [4.78, 5) is 50.6.